The van der Waals surface area contributed by atoms with Crippen molar-refractivity contribution < 1.29 is 36.2 Å². The van der Waals surface area contributed by atoms with Gasteiger partial charge in [-0.05, 0) is 17.7 Å². The predicted molar refractivity (Wildman–Crippen MR) is 76.7 cm³/mol. The van der Waals surface area contributed by atoms with Crippen molar-refractivity contribution >= 4 is 21.9 Å². The Labute approximate surface area is 134 Å². The topological polar surface area (TPSA) is 96.3 Å². The van der Waals surface area contributed by atoms with Crippen LogP contribution < -0.4 is 4.74 Å². The van der Waals surface area contributed by atoms with Gasteiger partial charge in [0.15, 0.2) is 5.71 Å². The average Bonchev–Trinajstić information content (AvgIpc) is 2.48. The van der Waals surface area contributed by atoms with Crippen molar-refractivity contribution in [1.82, 2.24) is 4.31 Å². The first-order chi connectivity index (χ1) is 11.0. The van der Waals surface area contributed by atoms with E-state index in [4.69, 9.17) is 9.84 Å². The number of benzene rings is 1. The third kappa shape index (κ3) is 3.67. The van der Waals surface area contributed by atoms with E-state index < -0.39 is 33.6 Å². The van der Waals surface area contributed by atoms with Crippen LogP contribution in [0.15, 0.2) is 40.4 Å². The Bertz CT molecular complexity index is 813. The Hall–Kier alpha value is -2.56. The van der Waals surface area contributed by atoms with Crippen LogP contribution in [0.1, 0.15) is 5.56 Å². The van der Waals surface area contributed by atoms with Gasteiger partial charge in [0.25, 0.3) is 0 Å². The van der Waals surface area contributed by atoms with Gasteiger partial charge < -0.3 is 9.84 Å². The van der Waals surface area contributed by atoms with Gasteiger partial charge in [-0.3, -0.25) is 4.31 Å². The molecule has 130 valence electrons. The van der Waals surface area contributed by atoms with Crippen LogP contribution >= 0.6 is 0 Å². The molecule has 0 saturated carbocycles. The van der Waals surface area contributed by atoms with E-state index in [9.17, 15) is 26.4 Å². The molecule has 24 heavy (non-hydrogen) atoms. The number of carbonyl (C=O) groups is 1. The van der Waals surface area contributed by atoms with Crippen molar-refractivity contribution in [2.75, 3.05) is 7.11 Å². The molecule has 1 heterocycles. The molecule has 0 atom stereocenters. The third-order valence-corrected chi connectivity index (χ3v) is 4.27. The second kappa shape index (κ2) is 6.15. The van der Waals surface area contributed by atoms with Gasteiger partial charge in [-0.1, -0.05) is 12.1 Å². The molecular weight excluding hydrogens is 353 g/mol. The molecule has 0 aliphatic carbocycles. The zero-order chi connectivity index (χ0) is 18.1. The van der Waals surface area contributed by atoms with Gasteiger partial charge in [0, 0.05) is 6.20 Å². The second-order valence-electron chi connectivity index (χ2n) is 4.66. The van der Waals surface area contributed by atoms with Gasteiger partial charge in [0.05, 0.1) is 13.7 Å². The van der Waals surface area contributed by atoms with Crippen LogP contribution in [0.5, 0.6) is 5.75 Å². The molecule has 11 heteroatoms. The maximum Gasteiger partial charge on any atom is 0.435 e. The normalized spacial score (nSPS) is 17.1. The molecule has 1 aromatic carbocycles. The van der Waals surface area contributed by atoms with Crippen molar-refractivity contribution in [3.05, 3.63) is 41.6 Å². The van der Waals surface area contributed by atoms with Crippen LogP contribution in [-0.4, -0.2) is 42.8 Å². The van der Waals surface area contributed by atoms with E-state index >= 15 is 0 Å². The molecule has 0 aromatic heterocycles. The predicted octanol–water partition coefficient (Wildman–Crippen LogP) is 1.73. The Morgan fingerprint density at radius 2 is 1.88 bits per heavy atom. The Balaban J connectivity index is 2.40. The van der Waals surface area contributed by atoms with Gasteiger partial charge in [-0.2, -0.15) is 21.6 Å². The Kier molecular flexibility index (Phi) is 4.56. The number of methoxy groups -OCH3 is 1. The fraction of sp³-hybridized carbons (Fsp3) is 0.231. The van der Waals surface area contributed by atoms with Gasteiger partial charge in [0.1, 0.15) is 11.3 Å². The van der Waals surface area contributed by atoms with Gasteiger partial charge in [0.2, 0.25) is 0 Å². The van der Waals surface area contributed by atoms with E-state index in [2.05, 4.69) is 4.40 Å². The lowest BCUT2D eigenvalue weighted by molar-refractivity contribution is -0.132. The SMILES string of the molecule is COc1ccc(CN2C=C(C(=O)O)C(C(F)(F)F)=NS2(=O)=O)cc1. The summed E-state index contributed by atoms with van der Waals surface area (Å²) in [4.78, 5) is 11.0. The molecule has 0 radical (unpaired) electrons. The second-order valence-corrected chi connectivity index (χ2v) is 6.20. The molecular formula is C13H11F3N2O5S. The van der Waals surface area contributed by atoms with Crippen molar-refractivity contribution in [2.45, 2.75) is 12.7 Å². The number of carboxylic acid groups (broad SMARTS) is 1. The van der Waals surface area contributed by atoms with Crippen LogP contribution in [0.25, 0.3) is 0 Å². The summed E-state index contributed by atoms with van der Waals surface area (Å²) in [6.45, 7) is -0.377. The maximum atomic E-state index is 12.8. The molecule has 0 bridgehead atoms. The lowest BCUT2D eigenvalue weighted by atomic mass is 10.1. The first-order valence-electron chi connectivity index (χ1n) is 6.32. The van der Waals surface area contributed by atoms with E-state index in [-0.39, 0.29) is 6.54 Å². The minimum absolute atomic E-state index is 0.377. The first-order valence-corrected chi connectivity index (χ1v) is 7.71. The van der Waals surface area contributed by atoms with Crippen LogP contribution in [0.3, 0.4) is 0 Å². The highest BCUT2D eigenvalue weighted by Gasteiger charge is 2.45. The number of rotatable bonds is 4. The molecule has 2 rings (SSSR count). The molecule has 0 saturated heterocycles. The summed E-state index contributed by atoms with van der Waals surface area (Å²) in [5, 5.41) is 8.91. The number of halogens is 3. The van der Waals surface area contributed by atoms with E-state index in [1.165, 1.54) is 31.4 Å². The third-order valence-electron chi connectivity index (χ3n) is 3.03. The number of hydrogen-bond donors (Lipinski definition) is 1. The Morgan fingerprint density at radius 1 is 1.29 bits per heavy atom. The standard InChI is InChI=1S/C13H11F3N2O5S/c1-23-9-4-2-8(3-5-9)6-18-7-10(12(19)20)11(13(14,15)16)17-24(18,21)22/h2-5,7H,6H2,1H3,(H,19,20). The molecule has 1 N–H and O–H groups in total. The zero-order valence-electron chi connectivity index (χ0n) is 12.1. The molecule has 1 aliphatic heterocycles. The minimum Gasteiger partial charge on any atom is -0.497 e. The van der Waals surface area contributed by atoms with Crippen LogP contribution in [0.2, 0.25) is 0 Å². The monoisotopic (exact) mass is 364 g/mol. The van der Waals surface area contributed by atoms with Crippen LogP contribution in [-0.2, 0) is 21.5 Å². The number of carboxylic acids is 1. The fourth-order valence-corrected chi connectivity index (χ4v) is 2.98. The number of hydrogen-bond acceptors (Lipinski definition) is 4. The quantitative estimate of drug-likeness (QED) is 0.878. The molecule has 0 unspecified atom stereocenters. The molecule has 0 amide bonds. The highest BCUT2D eigenvalue weighted by atomic mass is 32.2. The molecule has 1 aliphatic rings. The smallest absolute Gasteiger partial charge is 0.435 e. The van der Waals surface area contributed by atoms with E-state index in [0.717, 1.165) is 0 Å². The Morgan fingerprint density at radius 3 is 2.33 bits per heavy atom. The van der Waals surface area contributed by atoms with Crippen LogP contribution in [0, 0.1) is 0 Å². The average molecular weight is 364 g/mol. The zero-order valence-corrected chi connectivity index (χ0v) is 12.9. The van der Waals surface area contributed by atoms with Crippen molar-refractivity contribution in [2.24, 2.45) is 4.40 Å². The minimum atomic E-state index is -5.20. The van der Waals surface area contributed by atoms with Gasteiger partial charge in [-0.25, -0.2) is 4.79 Å². The highest BCUT2D eigenvalue weighted by molar-refractivity contribution is 7.88. The summed E-state index contributed by atoms with van der Waals surface area (Å²) in [7, 11) is -3.28. The number of ether oxygens (including phenoxy) is 1. The van der Waals surface area contributed by atoms with E-state index in [1.807, 2.05) is 0 Å². The number of aliphatic carboxylic acids is 1. The van der Waals surface area contributed by atoms with Crippen molar-refractivity contribution in [3.8, 4) is 5.75 Å². The summed E-state index contributed by atoms with van der Waals surface area (Å²) in [5.41, 5.74) is -2.79. The number of nitrogens with zero attached hydrogens (tertiary/aromatic N) is 2. The highest BCUT2D eigenvalue weighted by Crippen LogP contribution is 2.29. The van der Waals surface area contributed by atoms with Crippen LogP contribution in [0.4, 0.5) is 13.2 Å². The summed E-state index contributed by atoms with van der Waals surface area (Å²) in [6.07, 6.45) is -4.79. The lowest BCUT2D eigenvalue weighted by Gasteiger charge is -2.24. The number of alkyl halides is 3. The molecule has 0 spiro atoms. The van der Waals surface area contributed by atoms with E-state index in [1.54, 1.807) is 0 Å². The van der Waals surface area contributed by atoms with Gasteiger partial charge >= 0.3 is 22.4 Å². The summed E-state index contributed by atoms with van der Waals surface area (Å²) in [6, 6.07) is 6.04. The summed E-state index contributed by atoms with van der Waals surface area (Å²) < 4.78 is 70.2. The van der Waals surface area contributed by atoms with Gasteiger partial charge in [-0.15, -0.1) is 4.40 Å². The van der Waals surface area contributed by atoms with Crippen molar-refractivity contribution in [1.29, 1.82) is 0 Å². The fourth-order valence-electron chi connectivity index (χ4n) is 1.89. The van der Waals surface area contributed by atoms with E-state index in [0.29, 0.717) is 21.8 Å². The molecule has 0 fully saturated rings. The summed E-state index contributed by atoms with van der Waals surface area (Å²) in [5.74, 6) is -1.43. The summed E-state index contributed by atoms with van der Waals surface area (Å²) >= 11 is 0. The largest absolute Gasteiger partial charge is 0.497 e. The molecule has 1 aromatic rings. The maximum absolute atomic E-state index is 12.8. The molecule has 7 nitrogen and oxygen atoms in total. The first kappa shape index (κ1) is 17.8. The lowest BCUT2D eigenvalue weighted by Crippen LogP contribution is -2.38. The van der Waals surface area contributed by atoms with Crippen molar-refractivity contribution in [3.63, 3.8) is 0 Å².